The number of hydrogen-bond donors (Lipinski definition) is 3. The van der Waals surface area contributed by atoms with E-state index in [1.807, 2.05) is 6.92 Å². The van der Waals surface area contributed by atoms with E-state index in [4.69, 9.17) is 4.74 Å². The van der Waals surface area contributed by atoms with Gasteiger partial charge in [-0.1, -0.05) is 6.92 Å². The van der Waals surface area contributed by atoms with Crippen LogP contribution in [0.5, 0.6) is 0 Å². The SMILES string of the molecule is CCCN(C(=O)N1CC(O)C(O)C1)C1COCC1C(=O)O. The van der Waals surface area contributed by atoms with Crippen molar-refractivity contribution >= 4 is 12.0 Å². The quantitative estimate of drug-likeness (QED) is 0.611. The maximum Gasteiger partial charge on any atom is 0.320 e. The molecular formula is C13H22N2O6. The molecule has 120 valence electrons. The Bertz CT molecular complexity index is 394. The summed E-state index contributed by atoms with van der Waals surface area (Å²) in [4.78, 5) is 26.7. The van der Waals surface area contributed by atoms with Gasteiger partial charge in [0.2, 0.25) is 0 Å². The fraction of sp³-hybridized carbons (Fsp3) is 0.846. The highest BCUT2D eigenvalue weighted by Gasteiger charge is 2.43. The highest BCUT2D eigenvalue weighted by atomic mass is 16.5. The van der Waals surface area contributed by atoms with E-state index >= 15 is 0 Å². The first-order valence-corrected chi connectivity index (χ1v) is 7.18. The van der Waals surface area contributed by atoms with Crippen molar-refractivity contribution in [1.29, 1.82) is 0 Å². The maximum absolute atomic E-state index is 12.6. The van der Waals surface area contributed by atoms with Gasteiger partial charge < -0.3 is 29.9 Å². The second-order valence-electron chi connectivity index (χ2n) is 5.57. The Balaban J connectivity index is 2.11. The van der Waals surface area contributed by atoms with E-state index in [9.17, 15) is 24.9 Å². The van der Waals surface area contributed by atoms with Crippen LogP contribution < -0.4 is 0 Å². The summed E-state index contributed by atoms with van der Waals surface area (Å²) in [6.45, 7) is 2.73. The number of aliphatic carboxylic acids is 1. The lowest BCUT2D eigenvalue weighted by Crippen LogP contribution is -2.52. The topological polar surface area (TPSA) is 111 Å². The first kappa shape index (κ1) is 16.0. The van der Waals surface area contributed by atoms with E-state index < -0.39 is 30.1 Å². The molecule has 2 fully saturated rings. The zero-order chi connectivity index (χ0) is 15.6. The van der Waals surface area contributed by atoms with E-state index in [-0.39, 0.29) is 32.3 Å². The molecule has 3 N–H and O–H groups in total. The Labute approximate surface area is 122 Å². The predicted octanol–water partition coefficient (Wildman–Crippen LogP) is -1.04. The van der Waals surface area contributed by atoms with Crippen LogP contribution >= 0.6 is 0 Å². The number of hydrogen-bond acceptors (Lipinski definition) is 5. The molecule has 8 nitrogen and oxygen atoms in total. The Morgan fingerprint density at radius 2 is 1.86 bits per heavy atom. The van der Waals surface area contributed by atoms with Gasteiger partial charge in [-0.3, -0.25) is 4.79 Å². The number of aliphatic hydroxyl groups excluding tert-OH is 2. The third-order valence-corrected chi connectivity index (χ3v) is 4.01. The lowest BCUT2D eigenvalue weighted by Gasteiger charge is -2.33. The molecule has 2 rings (SSSR count). The molecule has 0 bridgehead atoms. The Morgan fingerprint density at radius 1 is 1.24 bits per heavy atom. The van der Waals surface area contributed by atoms with Gasteiger partial charge >= 0.3 is 12.0 Å². The van der Waals surface area contributed by atoms with Gasteiger partial charge in [0, 0.05) is 6.54 Å². The van der Waals surface area contributed by atoms with Gasteiger partial charge in [-0.05, 0) is 6.42 Å². The highest BCUT2D eigenvalue weighted by molar-refractivity contribution is 5.77. The van der Waals surface area contributed by atoms with Crippen molar-refractivity contribution in [2.75, 3.05) is 32.8 Å². The van der Waals surface area contributed by atoms with Crippen molar-refractivity contribution in [1.82, 2.24) is 9.80 Å². The molecule has 0 radical (unpaired) electrons. The van der Waals surface area contributed by atoms with E-state index in [0.717, 1.165) is 0 Å². The second-order valence-corrected chi connectivity index (χ2v) is 5.57. The van der Waals surface area contributed by atoms with Crippen LogP contribution in [0.4, 0.5) is 4.79 Å². The van der Waals surface area contributed by atoms with Crippen LogP contribution in [0.1, 0.15) is 13.3 Å². The van der Waals surface area contributed by atoms with Crippen LogP contribution in [0.3, 0.4) is 0 Å². The predicted molar refractivity (Wildman–Crippen MR) is 71.7 cm³/mol. The molecule has 2 aliphatic rings. The average Bonchev–Trinajstić information content (AvgIpc) is 3.03. The average molecular weight is 302 g/mol. The minimum atomic E-state index is -0.979. The molecular weight excluding hydrogens is 280 g/mol. The molecule has 0 aromatic rings. The molecule has 2 amide bonds. The van der Waals surface area contributed by atoms with Gasteiger partial charge in [0.15, 0.2) is 0 Å². The summed E-state index contributed by atoms with van der Waals surface area (Å²) in [6, 6.07) is -0.862. The number of β-amino-alcohol motifs (C(OH)–C–C–N with tert-alkyl or cyclic N) is 2. The summed E-state index contributed by atoms with van der Waals surface area (Å²) in [6.07, 6.45) is -1.21. The normalized spacial score (nSPS) is 32.4. The van der Waals surface area contributed by atoms with Crippen molar-refractivity contribution in [3.8, 4) is 0 Å². The molecule has 4 unspecified atom stereocenters. The van der Waals surface area contributed by atoms with Crippen molar-refractivity contribution in [3.05, 3.63) is 0 Å². The summed E-state index contributed by atoms with van der Waals surface area (Å²) in [5.74, 6) is -1.72. The minimum absolute atomic E-state index is 0.0610. The number of rotatable bonds is 4. The number of amides is 2. The van der Waals surface area contributed by atoms with Gasteiger partial charge in [-0.15, -0.1) is 0 Å². The van der Waals surface area contributed by atoms with Crippen LogP contribution in [0.2, 0.25) is 0 Å². The maximum atomic E-state index is 12.6. The number of likely N-dealkylation sites (tertiary alicyclic amines) is 1. The molecule has 0 aromatic heterocycles. The number of carbonyl (C=O) groups excluding carboxylic acids is 1. The molecule has 0 saturated carbocycles. The number of carboxylic acids is 1. The zero-order valence-electron chi connectivity index (χ0n) is 12.0. The number of carboxylic acid groups (broad SMARTS) is 1. The summed E-state index contributed by atoms with van der Waals surface area (Å²) in [5.41, 5.74) is 0. The fourth-order valence-corrected chi connectivity index (χ4v) is 2.84. The summed E-state index contributed by atoms with van der Waals surface area (Å²) in [5, 5.41) is 28.3. The fourth-order valence-electron chi connectivity index (χ4n) is 2.84. The monoisotopic (exact) mass is 302 g/mol. The molecule has 2 aliphatic heterocycles. The molecule has 8 heteroatoms. The molecule has 0 aliphatic carbocycles. The number of aliphatic hydroxyl groups is 2. The molecule has 0 aromatic carbocycles. The van der Waals surface area contributed by atoms with Crippen molar-refractivity contribution < 1.29 is 29.6 Å². The number of carbonyl (C=O) groups is 2. The Kier molecular flexibility index (Phi) is 5.02. The van der Waals surface area contributed by atoms with E-state index in [1.54, 1.807) is 0 Å². The van der Waals surface area contributed by atoms with Crippen molar-refractivity contribution in [2.24, 2.45) is 5.92 Å². The first-order chi connectivity index (χ1) is 9.95. The van der Waals surface area contributed by atoms with Crippen LogP contribution in [-0.4, -0.2) is 88.2 Å². The summed E-state index contributed by atoms with van der Waals surface area (Å²) < 4.78 is 5.22. The lowest BCUT2D eigenvalue weighted by molar-refractivity contribution is -0.142. The first-order valence-electron chi connectivity index (χ1n) is 7.18. The zero-order valence-corrected chi connectivity index (χ0v) is 12.0. The molecule has 4 atom stereocenters. The molecule has 2 saturated heterocycles. The van der Waals surface area contributed by atoms with Crippen LogP contribution in [-0.2, 0) is 9.53 Å². The molecule has 0 spiro atoms. The third-order valence-electron chi connectivity index (χ3n) is 4.01. The number of nitrogens with zero attached hydrogens (tertiary/aromatic N) is 2. The van der Waals surface area contributed by atoms with Crippen LogP contribution in [0.15, 0.2) is 0 Å². The number of urea groups is 1. The van der Waals surface area contributed by atoms with Crippen molar-refractivity contribution in [3.63, 3.8) is 0 Å². The van der Waals surface area contributed by atoms with E-state index in [1.165, 1.54) is 9.80 Å². The van der Waals surface area contributed by atoms with Gasteiger partial charge in [0.1, 0.15) is 5.92 Å². The summed E-state index contributed by atoms with van der Waals surface area (Å²) >= 11 is 0. The lowest BCUT2D eigenvalue weighted by atomic mass is 10.0. The molecule has 21 heavy (non-hydrogen) atoms. The standard InChI is InChI=1S/C13H22N2O6/c1-2-3-15(9-7-21-6-8(9)12(18)19)13(20)14-4-10(16)11(17)5-14/h8-11,16-17H,2-7H2,1H3,(H,18,19). The van der Waals surface area contributed by atoms with Crippen LogP contribution in [0, 0.1) is 5.92 Å². The van der Waals surface area contributed by atoms with Gasteiger partial charge in [0.05, 0.1) is 44.6 Å². The second kappa shape index (κ2) is 6.59. The van der Waals surface area contributed by atoms with E-state index in [2.05, 4.69) is 0 Å². The highest BCUT2D eigenvalue weighted by Crippen LogP contribution is 2.23. The Hall–Kier alpha value is -1.38. The van der Waals surface area contributed by atoms with Crippen LogP contribution in [0.25, 0.3) is 0 Å². The third kappa shape index (κ3) is 3.28. The summed E-state index contributed by atoms with van der Waals surface area (Å²) in [7, 11) is 0. The smallest absolute Gasteiger partial charge is 0.320 e. The van der Waals surface area contributed by atoms with Gasteiger partial charge in [-0.2, -0.15) is 0 Å². The Morgan fingerprint density at radius 3 is 2.38 bits per heavy atom. The number of ether oxygens (including phenoxy) is 1. The molecule has 2 heterocycles. The van der Waals surface area contributed by atoms with Crippen molar-refractivity contribution in [2.45, 2.75) is 31.6 Å². The largest absolute Gasteiger partial charge is 0.481 e. The van der Waals surface area contributed by atoms with E-state index in [0.29, 0.717) is 13.0 Å². The van der Waals surface area contributed by atoms with Gasteiger partial charge in [-0.25, -0.2) is 4.79 Å². The minimum Gasteiger partial charge on any atom is -0.481 e. The van der Waals surface area contributed by atoms with Gasteiger partial charge in [0.25, 0.3) is 0 Å².